The van der Waals surface area contributed by atoms with E-state index < -0.39 is 0 Å². The van der Waals surface area contributed by atoms with Crippen LogP contribution in [0.4, 0.5) is 0 Å². The Bertz CT molecular complexity index is 821. The van der Waals surface area contributed by atoms with Gasteiger partial charge in [0.1, 0.15) is 0 Å². The molecule has 1 atom stereocenters. The molecule has 1 amide bonds. The van der Waals surface area contributed by atoms with Gasteiger partial charge >= 0.3 is 0 Å². The molecular weight excluding hydrogens is 298 g/mol. The van der Waals surface area contributed by atoms with Crippen molar-refractivity contribution in [2.24, 2.45) is 11.8 Å². The average molecular weight is 321 g/mol. The van der Waals surface area contributed by atoms with Gasteiger partial charge in [0.2, 0.25) is 0 Å². The highest BCUT2D eigenvalue weighted by atomic mass is 16.2. The van der Waals surface area contributed by atoms with Crippen LogP contribution in [-0.2, 0) is 12.8 Å². The van der Waals surface area contributed by atoms with Gasteiger partial charge in [0.05, 0.1) is 17.1 Å². The predicted molar refractivity (Wildman–Crippen MR) is 93.7 cm³/mol. The summed E-state index contributed by atoms with van der Waals surface area (Å²) in [6.07, 6.45) is 4.96. The number of piperidine rings is 1. The lowest BCUT2D eigenvalue weighted by Crippen LogP contribution is -2.38. The number of hydrogen-bond acceptors (Lipinski definition) is 2. The first-order chi connectivity index (χ1) is 11.7. The molecule has 2 aliphatic rings. The van der Waals surface area contributed by atoms with E-state index in [0.29, 0.717) is 19.0 Å². The van der Waals surface area contributed by atoms with Crippen LogP contribution >= 0.6 is 0 Å². The smallest absolute Gasteiger partial charge is 0.255 e. The van der Waals surface area contributed by atoms with Crippen molar-refractivity contribution in [2.75, 3.05) is 13.1 Å². The van der Waals surface area contributed by atoms with Gasteiger partial charge in [-0.3, -0.25) is 4.79 Å². The molecule has 1 aliphatic heterocycles. The minimum Gasteiger partial charge on any atom is -0.358 e. The summed E-state index contributed by atoms with van der Waals surface area (Å²) >= 11 is 0. The topological polar surface area (TPSA) is 59.9 Å². The molecule has 4 nitrogen and oxygen atoms in total. The molecule has 4 rings (SSSR count). The molecule has 124 valence electrons. The normalized spacial score (nSPS) is 21.5. The molecule has 2 aromatic rings. The second-order valence-corrected chi connectivity index (χ2v) is 7.35. The number of H-pyrrole nitrogens is 1. The molecule has 0 bridgehead atoms. The number of benzene rings is 1. The summed E-state index contributed by atoms with van der Waals surface area (Å²) in [5, 5.41) is 10.2. The first-order valence-corrected chi connectivity index (χ1v) is 8.98. The molecule has 0 spiro atoms. The van der Waals surface area contributed by atoms with Gasteiger partial charge in [0.25, 0.3) is 5.91 Å². The Hall–Kier alpha value is -2.28. The molecule has 1 fully saturated rings. The van der Waals surface area contributed by atoms with Crippen molar-refractivity contribution in [1.29, 1.82) is 5.26 Å². The second kappa shape index (κ2) is 5.98. The lowest BCUT2D eigenvalue weighted by Gasteiger charge is -2.29. The van der Waals surface area contributed by atoms with Crippen LogP contribution in [0, 0.1) is 23.2 Å². The number of aromatic nitrogens is 1. The number of nitrogens with zero attached hydrogens (tertiary/aromatic N) is 2. The third-order valence-corrected chi connectivity index (χ3v) is 5.66. The highest BCUT2D eigenvalue weighted by Gasteiger charge is 2.27. The van der Waals surface area contributed by atoms with Crippen LogP contribution in [-0.4, -0.2) is 28.9 Å². The lowest BCUT2D eigenvalue weighted by atomic mass is 9.87. The van der Waals surface area contributed by atoms with E-state index in [2.05, 4.69) is 24.0 Å². The van der Waals surface area contributed by atoms with E-state index in [4.69, 9.17) is 5.26 Å². The number of likely N-dealkylation sites (tertiary alicyclic amines) is 1. The number of fused-ring (bicyclic) bond motifs is 3. The van der Waals surface area contributed by atoms with E-state index >= 15 is 0 Å². The molecule has 1 N–H and O–H groups in total. The Labute approximate surface area is 142 Å². The molecule has 0 saturated carbocycles. The van der Waals surface area contributed by atoms with Crippen molar-refractivity contribution in [1.82, 2.24) is 9.88 Å². The van der Waals surface area contributed by atoms with Crippen LogP contribution in [0.2, 0.25) is 0 Å². The molecular formula is C20H23N3O. The Kier molecular flexibility index (Phi) is 3.80. The monoisotopic (exact) mass is 321 g/mol. The highest BCUT2D eigenvalue weighted by Crippen LogP contribution is 2.33. The maximum atomic E-state index is 13.0. The van der Waals surface area contributed by atoms with Crippen molar-refractivity contribution < 1.29 is 4.79 Å². The summed E-state index contributed by atoms with van der Waals surface area (Å²) in [6, 6.07) is 8.41. The van der Waals surface area contributed by atoms with Crippen molar-refractivity contribution in [3.05, 3.63) is 35.0 Å². The fourth-order valence-electron chi connectivity index (χ4n) is 4.18. The third-order valence-electron chi connectivity index (χ3n) is 5.66. The fourth-order valence-corrected chi connectivity index (χ4v) is 4.18. The minimum atomic E-state index is 0.101. The van der Waals surface area contributed by atoms with Gasteiger partial charge in [-0.15, -0.1) is 0 Å². The number of aryl methyl sites for hydroxylation is 1. The maximum absolute atomic E-state index is 13.0. The zero-order chi connectivity index (χ0) is 16.7. The SMILES string of the molecule is C[C@H]1CCc2[nH]c3c(C(=O)N4CCC(C#N)CC4)cccc3c2C1. The van der Waals surface area contributed by atoms with E-state index in [9.17, 15) is 4.79 Å². The van der Waals surface area contributed by atoms with Gasteiger partial charge < -0.3 is 9.88 Å². The van der Waals surface area contributed by atoms with E-state index in [1.165, 1.54) is 23.1 Å². The molecule has 2 heterocycles. The molecule has 1 saturated heterocycles. The summed E-state index contributed by atoms with van der Waals surface area (Å²) in [5.74, 6) is 0.911. The van der Waals surface area contributed by atoms with Crippen molar-refractivity contribution in [3.8, 4) is 6.07 Å². The number of carbonyl (C=O) groups excluding carboxylic acids is 1. The zero-order valence-corrected chi connectivity index (χ0v) is 14.1. The molecule has 0 unspecified atom stereocenters. The molecule has 1 aromatic carbocycles. The van der Waals surface area contributed by atoms with Gasteiger partial charge in [0.15, 0.2) is 0 Å². The Morgan fingerprint density at radius 3 is 2.83 bits per heavy atom. The zero-order valence-electron chi connectivity index (χ0n) is 14.1. The molecule has 4 heteroatoms. The summed E-state index contributed by atoms with van der Waals surface area (Å²) < 4.78 is 0. The van der Waals surface area contributed by atoms with Gasteiger partial charge in [-0.25, -0.2) is 0 Å². The standard InChI is InChI=1S/C20H23N3O/c1-13-5-6-18-17(11-13)15-3-2-4-16(19(15)22-18)20(24)23-9-7-14(12-21)8-10-23/h2-4,13-14,22H,5-11H2,1H3/t13-/m0/s1. The first kappa shape index (κ1) is 15.3. The summed E-state index contributed by atoms with van der Waals surface area (Å²) in [6.45, 7) is 3.67. The first-order valence-electron chi connectivity index (χ1n) is 8.98. The summed E-state index contributed by atoms with van der Waals surface area (Å²) in [5.41, 5.74) is 4.50. The number of hydrogen-bond donors (Lipinski definition) is 1. The number of aromatic amines is 1. The average Bonchev–Trinajstić information content (AvgIpc) is 2.99. The second-order valence-electron chi connectivity index (χ2n) is 7.35. The molecule has 0 radical (unpaired) electrons. The molecule has 1 aliphatic carbocycles. The van der Waals surface area contributed by atoms with Crippen molar-refractivity contribution in [3.63, 3.8) is 0 Å². The third kappa shape index (κ3) is 2.49. The number of nitriles is 1. The number of carbonyl (C=O) groups is 1. The van der Waals surface area contributed by atoms with Crippen molar-refractivity contribution in [2.45, 2.75) is 39.0 Å². The lowest BCUT2D eigenvalue weighted by molar-refractivity contribution is 0.0709. The van der Waals surface area contributed by atoms with Crippen LogP contribution < -0.4 is 0 Å². The van der Waals surface area contributed by atoms with Crippen LogP contribution in [0.3, 0.4) is 0 Å². The summed E-state index contributed by atoms with van der Waals surface area (Å²) in [4.78, 5) is 18.5. The van der Waals surface area contributed by atoms with Gasteiger partial charge in [-0.1, -0.05) is 19.1 Å². The van der Waals surface area contributed by atoms with E-state index in [1.54, 1.807) is 0 Å². The molecule has 1 aromatic heterocycles. The fraction of sp³-hybridized carbons (Fsp3) is 0.500. The largest absolute Gasteiger partial charge is 0.358 e. The van der Waals surface area contributed by atoms with Crippen LogP contribution in [0.25, 0.3) is 10.9 Å². The van der Waals surface area contributed by atoms with E-state index in [-0.39, 0.29) is 11.8 Å². The van der Waals surface area contributed by atoms with Crippen LogP contribution in [0.5, 0.6) is 0 Å². The van der Waals surface area contributed by atoms with E-state index in [0.717, 1.165) is 36.8 Å². The number of amides is 1. The van der Waals surface area contributed by atoms with Gasteiger partial charge in [-0.2, -0.15) is 5.26 Å². The number of para-hydroxylation sites is 1. The Balaban J connectivity index is 1.68. The number of nitrogens with one attached hydrogen (secondary N) is 1. The van der Waals surface area contributed by atoms with Crippen LogP contribution in [0.1, 0.15) is 47.8 Å². The maximum Gasteiger partial charge on any atom is 0.255 e. The quantitative estimate of drug-likeness (QED) is 0.871. The van der Waals surface area contributed by atoms with Crippen LogP contribution in [0.15, 0.2) is 18.2 Å². The van der Waals surface area contributed by atoms with Gasteiger partial charge in [0, 0.05) is 30.1 Å². The Morgan fingerprint density at radius 1 is 1.29 bits per heavy atom. The summed E-state index contributed by atoms with van der Waals surface area (Å²) in [7, 11) is 0. The van der Waals surface area contributed by atoms with Crippen molar-refractivity contribution >= 4 is 16.8 Å². The number of rotatable bonds is 1. The molecule has 24 heavy (non-hydrogen) atoms. The van der Waals surface area contributed by atoms with E-state index in [1.807, 2.05) is 17.0 Å². The minimum absolute atomic E-state index is 0.101. The highest BCUT2D eigenvalue weighted by molar-refractivity contribution is 6.06. The Morgan fingerprint density at radius 2 is 2.08 bits per heavy atom. The predicted octanol–water partition coefficient (Wildman–Crippen LogP) is 3.67. The van der Waals surface area contributed by atoms with Gasteiger partial charge in [-0.05, 0) is 49.7 Å².